The highest BCUT2D eigenvalue weighted by Crippen LogP contribution is 2.28. The van der Waals surface area contributed by atoms with Crippen LogP contribution in [0, 0.1) is 0 Å². The van der Waals surface area contributed by atoms with Gasteiger partial charge in [0, 0.05) is 31.9 Å². The molecule has 0 spiro atoms. The maximum absolute atomic E-state index is 10.6. The first kappa shape index (κ1) is 12.1. The van der Waals surface area contributed by atoms with Gasteiger partial charge in [0.25, 0.3) is 0 Å². The van der Waals surface area contributed by atoms with Gasteiger partial charge in [-0.2, -0.15) is 0 Å². The molecule has 0 saturated heterocycles. The van der Waals surface area contributed by atoms with Crippen LogP contribution in [-0.2, 0) is 17.9 Å². The number of aromatic nitrogens is 2. The van der Waals surface area contributed by atoms with Crippen LogP contribution in [0.25, 0.3) is 0 Å². The largest absolute Gasteiger partial charge is 0.481 e. The van der Waals surface area contributed by atoms with Crippen LogP contribution in [0.1, 0.15) is 31.9 Å². The van der Waals surface area contributed by atoms with Gasteiger partial charge in [-0.1, -0.05) is 0 Å². The zero-order valence-corrected chi connectivity index (χ0v) is 10.2. The molecule has 0 aliphatic heterocycles. The second kappa shape index (κ2) is 5.31. The minimum absolute atomic E-state index is 0.219. The SMILES string of the molecule is CCn1cncc1CN(CCC(=O)O)C1CC1. The van der Waals surface area contributed by atoms with Gasteiger partial charge in [-0.25, -0.2) is 4.98 Å². The molecule has 0 bridgehead atoms. The Balaban J connectivity index is 1.95. The van der Waals surface area contributed by atoms with Crippen LogP contribution in [-0.4, -0.2) is 38.1 Å². The third-order valence-corrected chi connectivity index (χ3v) is 3.18. The molecule has 17 heavy (non-hydrogen) atoms. The van der Waals surface area contributed by atoms with Gasteiger partial charge in [0.2, 0.25) is 0 Å². The lowest BCUT2D eigenvalue weighted by Gasteiger charge is -2.21. The molecule has 1 aromatic heterocycles. The van der Waals surface area contributed by atoms with E-state index in [1.165, 1.54) is 18.5 Å². The van der Waals surface area contributed by atoms with E-state index < -0.39 is 5.97 Å². The molecule has 0 amide bonds. The number of hydrogen-bond acceptors (Lipinski definition) is 3. The molecule has 94 valence electrons. The van der Waals surface area contributed by atoms with Crippen LogP contribution in [0.2, 0.25) is 0 Å². The molecule has 0 unspecified atom stereocenters. The van der Waals surface area contributed by atoms with Crippen molar-refractivity contribution in [1.82, 2.24) is 14.5 Å². The first-order valence-electron chi connectivity index (χ1n) is 6.15. The molecule has 1 aliphatic carbocycles. The van der Waals surface area contributed by atoms with Crippen LogP contribution in [0.4, 0.5) is 0 Å². The number of nitrogens with zero attached hydrogens (tertiary/aromatic N) is 3. The maximum atomic E-state index is 10.6. The summed E-state index contributed by atoms with van der Waals surface area (Å²) in [6.07, 6.45) is 6.31. The van der Waals surface area contributed by atoms with Crippen molar-refractivity contribution in [3.05, 3.63) is 18.2 Å². The fourth-order valence-corrected chi connectivity index (χ4v) is 2.04. The predicted octanol–water partition coefficient (Wildman–Crippen LogP) is 1.34. The van der Waals surface area contributed by atoms with Crippen molar-refractivity contribution in [2.45, 2.75) is 45.3 Å². The van der Waals surface area contributed by atoms with E-state index in [0.29, 0.717) is 12.6 Å². The summed E-state index contributed by atoms with van der Waals surface area (Å²) in [7, 11) is 0. The van der Waals surface area contributed by atoms with Gasteiger partial charge in [0.1, 0.15) is 0 Å². The van der Waals surface area contributed by atoms with Gasteiger partial charge in [-0.15, -0.1) is 0 Å². The molecule has 2 rings (SSSR count). The Bertz CT molecular complexity index is 385. The van der Waals surface area contributed by atoms with Crippen molar-refractivity contribution < 1.29 is 9.90 Å². The summed E-state index contributed by atoms with van der Waals surface area (Å²) in [4.78, 5) is 17.0. The Labute approximate surface area is 101 Å². The number of aryl methyl sites for hydroxylation is 1. The molecule has 1 aliphatic rings. The molecule has 5 heteroatoms. The molecule has 1 N–H and O–H groups in total. The minimum Gasteiger partial charge on any atom is -0.481 e. The fraction of sp³-hybridized carbons (Fsp3) is 0.667. The molecule has 1 aromatic rings. The van der Waals surface area contributed by atoms with Gasteiger partial charge >= 0.3 is 5.97 Å². The highest BCUT2D eigenvalue weighted by molar-refractivity contribution is 5.66. The predicted molar refractivity (Wildman–Crippen MR) is 63.6 cm³/mol. The fourth-order valence-electron chi connectivity index (χ4n) is 2.04. The lowest BCUT2D eigenvalue weighted by atomic mass is 10.3. The third-order valence-electron chi connectivity index (χ3n) is 3.18. The Kier molecular flexibility index (Phi) is 3.78. The van der Waals surface area contributed by atoms with Gasteiger partial charge in [0.05, 0.1) is 18.4 Å². The number of aliphatic carboxylic acids is 1. The number of carboxylic acids is 1. The number of carboxylic acid groups (broad SMARTS) is 1. The summed E-state index contributed by atoms with van der Waals surface area (Å²) in [6.45, 7) is 4.44. The van der Waals surface area contributed by atoms with Crippen LogP contribution in [0.3, 0.4) is 0 Å². The van der Waals surface area contributed by atoms with Gasteiger partial charge in [0.15, 0.2) is 0 Å². The van der Waals surface area contributed by atoms with Crippen LogP contribution in [0.5, 0.6) is 0 Å². The Morgan fingerprint density at radius 2 is 2.41 bits per heavy atom. The van der Waals surface area contributed by atoms with Crippen LogP contribution < -0.4 is 0 Å². The number of carbonyl (C=O) groups is 1. The molecular weight excluding hydrogens is 218 g/mol. The van der Waals surface area contributed by atoms with Gasteiger partial charge < -0.3 is 9.67 Å². The second-order valence-corrected chi connectivity index (χ2v) is 4.52. The standard InChI is InChI=1S/C12H19N3O2/c1-2-14-9-13-7-11(14)8-15(10-3-4-10)6-5-12(16)17/h7,9-10H,2-6,8H2,1H3,(H,16,17). The Morgan fingerprint density at radius 1 is 1.65 bits per heavy atom. The summed E-state index contributed by atoms with van der Waals surface area (Å²) < 4.78 is 2.11. The van der Waals surface area contributed by atoms with E-state index in [1.807, 2.05) is 12.5 Å². The smallest absolute Gasteiger partial charge is 0.304 e. The molecule has 0 aromatic carbocycles. The van der Waals surface area contributed by atoms with Crippen molar-refractivity contribution in [1.29, 1.82) is 0 Å². The molecular formula is C12H19N3O2. The van der Waals surface area contributed by atoms with Crippen molar-refractivity contribution in [2.75, 3.05) is 6.54 Å². The van der Waals surface area contributed by atoms with Crippen molar-refractivity contribution in [2.24, 2.45) is 0 Å². The summed E-state index contributed by atoms with van der Waals surface area (Å²) in [5.41, 5.74) is 1.17. The highest BCUT2D eigenvalue weighted by Gasteiger charge is 2.29. The van der Waals surface area contributed by atoms with E-state index in [1.54, 1.807) is 0 Å². The van der Waals surface area contributed by atoms with E-state index in [0.717, 1.165) is 13.1 Å². The summed E-state index contributed by atoms with van der Waals surface area (Å²) >= 11 is 0. The Morgan fingerprint density at radius 3 is 3.00 bits per heavy atom. The van der Waals surface area contributed by atoms with Crippen LogP contribution in [0.15, 0.2) is 12.5 Å². The molecule has 1 heterocycles. The van der Waals surface area contributed by atoms with E-state index in [9.17, 15) is 4.79 Å². The average Bonchev–Trinajstić information content (AvgIpc) is 3.04. The van der Waals surface area contributed by atoms with E-state index >= 15 is 0 Å². The highest BCUT2D eigenvalue weighted by atomic mass is 16.4. The minimum atomic E-state index is -0.723. The monoisotopic (exact) mass is 237 g/mol. The van der Waals surface area contributed by atoms with Gasteiger partial charge in [-0.3, -0.25) is 9.69 Å². The number of imidazole rings is 1. The molecule has 5 nitrogen and oxygen atoms in total. The van der Waals surface area contributed by atoms with E-state index in [2.05, 4.69) is 21.4 Å². The Hall–Kier alpha value is -1.36. The summed E-state index contributed by atoms with van der Waals surface area (Å²) in [6, 6.07) is 0.578. The summed E-state index contributed by atoms with van der Waals surface area (Å²) in [5.74, 6) is -0.723. The van der Waals surface area contributed by atoms with Crippen molar-refractivity contribution >= 4 is 5.97 Å². The lowest BCUT2D eigenvalue weighted by molar-refractivity contribution is -0.137. The zero-order valence-electron chi connectivity index (χ0n) is 10.2. The van der Waals surface area contributed by atoms with E-state index in [4.69, 9.17) is 5.11 Å². The van der Waals surface area contributed by atoms with Crippen molar-refractivity contribution in [3.63, 3.8) is 0 Å². The van der Waals surface area contributed by atoms with E-state index in [-0.39, 0.29) is 6.42 Å². The normalized spacial score (nSPS) is 15.4. The first-order chi connectivity index (χ1) is 8.20. The summed E-state index contributed by atoms with van der Waals surface area (Å²) in [5, 5.41) is 8.75. The van der Waals surface area contributed by atoms with Crippen LogP contribution >= 0.6 is 0 Å². The van der Waals surface area contributed by atoms with Crippen molar-refractivity contribution in [3.8, 4) is 0 Å². The molecule has 1 saturated carbocycles. The molecule has 0 atom stereocenters. The molecule has 1 fully saturated rings. The quantitative estimate of drug-likeness (QED) is 0.777. The lowest BCUT2D eigenvalue weighted by Crippen LogP contribution is -2.29. The topological polar surface area (TPSA) is 58.4 Å². The van der Waals surface area contributed by atoms with Gasteiger partial charge in [-0.05, 0) is 19.8 Å². The number of rotatable bonds is 7. The number of hydrogen-bond donors (Lipinski definition) is 1. The molecule has 0 radical (unpaired) electrons. The third kappa shape index (κ3) is 3.30. The first-order valence-corrected chi connectivity index (χ1v) is 6.15. The zero-order chi connectivity index (χ0) is 12.3. The maximum Gasteiger partial charge on any atom is 0.304 e. The second-order valence-electron chi connectivity index (χ2n) is 4.52. The average molecular weight is 237 g/mol.